The SMILES string of the molecule is N/C(=N\C(=O)c1nc(Cl)c(NCc2ccc(I)cc2)nc1N)NCCCOc1cccnc1. The number of ether oxygens (including phenoxy) is 1. The number of aliphatic imine (C=N–C) groups is 1. The summed E-state index contributed by atoms with van der Waals surface area (Å²) in [6.45, 7) is 1.37. The first-order valence-corrected chi connectivity index (χ1v) is 11.3. The first-order valence-electron chi connectivity index (χ1n) is 9.89. The summed E-state index contributed by atoms with van der Waals surface area (Å²) in [5.74, 6) is 0.0305. The molecule has 6 N–H and O–H groups in total. The van der Waals surface area contributed by atoms with Crippen LogP contribution < -0.4 is 26.8 Å². The van der Waals surface area contributed by atoms with Crippen molar-refractivity contribution >= 4 is 57.7 Å². The third kappa shape index (κ3) is 7.71. The lowest BCUT2D eigenvalue weighted by atomic mass is 10.2. The minimum absolute atomic E-state index is 0.00680. The van der Waals surface area contributed by atoms with E-state index in [1.807, 2.05) is 30.3 Å². The molecular weight excluding hydrogens is 559 g/mol. The summed E-state index contributed by atoms with van der Waals surface area (Å²) in [5, 5.41) is 5.90. The average Bonchev–Trinajstić information content (AvgIpc) is 2.80. The number of rotatable bonds is 9. The Labute approximate surface area is 209 Å². The molecule has 0 radical (unpaired) electrons. The number of amides is 1. The number of nitrogen functional groups attached to an aromatic ring is 1. The van der Waals surface area contributed by atoms with Gasteiger partial charge in [0.25, 0.3) is 0 Å². The van der Waals surface area contributed by atoms with Crippen LogP contribution in [0.4, 0.5) is 11.6 Å². The number of pyridine rings is 1. The zero-order chi connectivity index (χ0) is 23.6. The van der Waals surface area contributed by atoms with E-state index in [0.29, 0.717) is 31.9 Å². The van der Waals surface area contributed by atoms with E-state index in [-0.39, 0.29) is 28.4 Å². The molecule has 0 aliphatic carbocycles. The van der Waals surface area contributed by atoms with Crippen LogP contribution in [0.25, 0.3) is 0 Å². The molecule has 2 aromatic heterocycles. The van der Waals surface area contributed by atoms with Crippen LogP contribution in [-0.4, -0.2) is 40.0 Å². The number of halogens is 2. The van der Waals surface area contributed by atoms with Gasteiger partial charge in [-0.05, 0) is 58.8 Å². The zero-order valence-corrected chi connectivity index (χ0v) is 20.4. The summed E-state index contributed by atoms with van der Waals surface area (Å²) in [6, 6.07) is 11.5. The molecule has 0 saturated carbocycles. The van der Waals surface area contributed by atoms with Gasteiger partial charge in [-0.15, -0.1) is 0 Å². The predicted molar refractivity (Wildman–Crippen MR) is 136 cm³/mol. The highest BCUT2D eigenvalue weighted by Gasteiger charge is 2.17. The van der Waals surface area contributed by atoms with Crippen molar-refractivity contribution < 1.29 is 9.53 Å². The van der Waals surface area contributed by atoms with Crippen LogP contribution in [-0.2, 0) is 6.54 Å². The number of anilines is 2. The van der Waals surface area contributed by atoms with Gasteiger partial charge in [0.05, 0.1) is 12.8 Å². The highest BCUT2D eigenvalue weighted by Crippen LogP contribution is 2.22. The molecular formula is C21H22ClIN8O2. The van der Waals surface area contributed by atoms with Gasteiger partial charge in [-0.25, -0.2) is 9.97 Å². The fraction of sp³-hybridized carbons (Fsp3) is 0.190. The summed E-state index contributed by atoms with van der Waals surface area (Å²) in [4.78, 5) is 28.3. The quantitative estimate of drug-likeness (QED) is 0.129. The van der Waals surface area contributed by atoms with Crippen molar-refractivity contribution in [2.75, 3.05) is 24.2 Å². The fourth-order valence-electron chi connectivity index (χ4n) is 2.60. The standard InChI is InChI=1S/C21H22ClIN8O2/c22-17-19(28-11-13-4-6-14(23)7-5-13)30-18(24)16(29-17)20(32)31-21(25)27-9-2-10-33-15-3-1-8-26-12-15/h1,3-8,12H,2,9-11H2,(H3,24,28,30)(H3,25,27,31,32). The Bertz CT molecular complexity index is 1110. The minimum Gasteiger partial charge on any atom is -0.492 e. The molecule has 0 bridgehead atoms. The van der Waals surface area contributed by atoms with Gasteiger partial charge in [-0.1, -0.05) is 23.7 Å². The summed E-state index contributed by atoms with van der Waals surface area (Å²) in [6.07, 6.45) is 3.93. The van der Waals surface area contributed by atoms with Crippen LogP contribution in [0.2, 0.25) is 5.15 Å². The smallest absolute Gasteiger partial charge is 0.302 e. The van der Waals surface area contributed by atoms with Crippen LogP contribution in [0.15, 0.2) is 53.8 Å². The van der Waals surface area contributed by atoms with Crippen molar-refractivity contribution in [3.05, 3.63) is 68.8 Å². The molecule has 12 heteroatoms. The molecule has 0 aliphatic heterocycles. The second-order valence-electron chi connectivity index (χ2n) is 6.70. The number of nitrogens with two attached hydrogens (primary N) is 2. The maximum absolute atomic E-state index is 12.4. The van der Waals surface area contributed by atoms with Gasteiger partial charge in [0, 0.05) is 22.9 Å². The number of benzene rings is 1. The van der Waals surface area contributed by atoms with Gasteiger partial charge in [0.15, 0.2) is 28.4 Å². The van der Waals surface area contributed by atoms with E-state index < -0.39 is 5.91 Å². The van der Waals surface area contributed by atoms with E-state index >= 15 is 0 Å². The number of nitrogens with one attached hydrogen (secondary N) is 2. The first-order chi connectivity index (χ1) is 15.9. The van der Waals surface area contributed by atoms with E-state index in [2.05, 4.69) is 53.2 Å². The lowest BCUT2D eigenvalue weighted by Crippen LogP contribution is -2.34. The molecule has 10 nitrogen and oxygen atoms in total. The maximum Gasteiger partial charge on any atom is 0.302 e. The lowest BCUT2D eigenvalue weighted by Gasteiger charge is -2.10. The van der Waals surface area contributed by atoms with E-state index in [1.165, 1.54) is 0 Å². The number of hydrogen-bond acceptors (Lipinski definition) is 7. The Morgan fingerprint density at radius 1 is 1.21 bits per heavy atom. The Morgan fingerprint density at radius 3 is 2.73 bits per heavy atom. The van der Waals surface area contributed by atoms with Gasteiger partial charge in [-0.3, -0.25) is 9.78 Å². The average molecular weight is 581 g/mol. The molecule has 0 fully saturated rings. The second-order valence-corrected chi connectivity index (χ2v) is 8.30. The molecule has 0 aliphatic rings. The third-order valence-electron chi connectivity index (χ3n) is 4.21. The predicted octanol–water partition coefficient (Wildman–Crippen LogP) is 2.84. The largest absolute Gasteiger partial charge is 0.492 e. The van der Waals surface area contributed by atoms with E-state index in [4.69, 9.17) is 27.8 Å². The van der Waals surface area contributed by atoms with E-state index in [0.717, 1.165) is 9.13 Å². The molecule has 1 amide bonds. The van der Waals surface area contributed by atoms with Gasteiger partial charge in [0.2, 0.25) is 0 Å². The van der Waals surface area contributed by atoms with Gasteiger partial charge >= 0.3 is 5.91 Å². The monoisotopic (exact) mass is 580 g/mol. The second kappa shape index (κ2) is 12.2. The lowest BCUT2D eigenvalue weighted by molar-refractivity contribution is 0.0998. The molecule has 0 saturated heterocycles. The van der Waals surface area contributed by atoms with E-state index in [1.54, 1.807) is 18.5 Å². The zero-order valence-electron chi connectivity index (χ0n) is 17.5. The number of guanidine groups is 1. The number of carbonyl (C=O) groups is 1. The Kier molecular flexibility index (Phi) is 9.01. The molecule has 0 atom stereocenters. The van der Waals surface area contributed by atoms with Crippen LogP contribution in [0.5, 0.6) is 5.75 Å². The number of carbonyl (C=O) groups excluding carboxylic acids is 1. The molecule has 0 unspecified atom stereocenters. The molecule has 3 rings (SSSR count). The Balaban J connectivity index is 1.51. The molecule has 0 spiro atoms. The van der Waals surface area contributed by atoms with Crippen molar-refractivity contribution in [1.82, 2.24) is 20.3 Å². The first kappa shape index (κ1) is 24.5. The Morgan fingerprint density at radius 2 is 2.00 bits per heavy atom. The number of nitrogens with zero attached hydrogens (tertiary/aromatic N) is 4. The fourth-order valence-corrected chi connectivity index (χ4v) is 3.15. The Hall–Kier alpha value is -3.19. The molecule has 172 valence electrons. The van der Waals surface area contributed by atoms with Crippen LogP contribution >= 0.6 is 34.2 Å². The third-order valence-corrected chi connectivity index (χ3v) is 5.19. The molecule has 33 heavy (non-hydrogen) atoms. The molecule has 1 aromatic carbocycles. The normalized spacial score (nSPS) is 11.2. The van der Waals surface area contributed by atoms with Gasteiger partial charge in [-0.2, -0.15) is 4.99 Å². The summed E-state index contributed by atoms with van der Waals surface area (Å²) in [5.41, 5.74) is 12.5. The topological polar surface area (TPSA) is 153 Å². The number of aromatic nitrogens is 3. The van der Waals surface area contributed by atoms with Crippen molar-refractivity contribution in [3.63, 3.8) is 0 Å². The molecule has 3 aromatic rings. The summed E-state index contributed by atoms with van der Waals surface area (Å²) >= 11 is 8.42. The van der Waals surface area contributed by atoms with Crippen molar-refractivity contribution in [2.24, 2.45) is 10.7 Å². The van der Waals surface area contributed by atoms with Crippen molar-refractivity contribution in [2.45, 2.75) is 13.0 Å². The highest BCUT2D eigenvalue weighted by molar-refractivity contribution is 14.1. The van der Waals surface area contributed by atoms with E-state index in [9.17, 15) is 4.79 Å². The van der Waals surface area contributed by atoms with Crippen LogP contribution in [0, 0.1) is 3.57 Å². The van der Waals surface area contributed by atoms with Crippen molar-refractivity contribution in [3.8, 4) is 5.75 Å². The molecule has 2 heterocycles. The minimum atomic E-state index is -0.748. The van der Waals surface area contributed by atoms with Crippen LogP contribution in [0.3, 0.4) is 0 Å². The summed E-state index contributed by atoms with van der Waals surface area (Å²) in [7, 11) is 0. The van der Waals surface area contributed by atoms with Crippen molar-refractivity contribution in [1.29, 1.82) is 0 Å². The van der Waals surface area contributed by atoms with Crippen LogP contribution in [0.1, 0.15) is 22.5 Å². The number of hydrogen-bond donors (Lipinski definition) is 4. The van der Waals surface area contributed by atoms with Gasteiger partial charge < -0.3 is 26.8 Å². The van der Waals surface area contributed by atoms with Gasteiger partial charge in [0.1, 0.15) is 5.75 Å². The maximum atomic E-state index is 12.4. The summed E-state index contributed by atoms with van der Waals surface area (Å²) < 4.78 is 6.66. The highest BCUT2D eigenvalue weighted by atomic mass is 127.